The van der Waals surface area contributed by atoms with Crippen molar-refractivity contribution in [3.63, 3.8) is 0 Å². The van der Waals surface area contributed by atoms with E-state index in [4.69, 9.17) is 17.3 Å². The molecular weight excluding hydrogens is 188 g/mol. The van der Waals surface area contributed by atoms with Crippen LogP contribution in [-0.4, -0.2) is 10.1 Å². The van der Waals surface area contributed by atoms with Gasteiger partial charge in [-0.15, -0.1) is 0 Å². The quantitative estimate of drug-likeness (QED) is 0.676. The minimum absolute atomic E-state index is 0.0713. The number of anilines is 1. The van der Waals surface area contributed by atoms with Crippen molar-refractivity contribution in [2.24, 2.45) is 0 Å². The Bertz CT molecular complexity index is 331. The molecule has 0 saturated heterocycles. The summed E-state index contributed by atoms with van der Waals surface area (Å²) in [4.78, 5) is 4.04. The molecule has 0 aliphatic heterocycles. The van der Waals surface area contributed by atoms with Crippen LogP contribution in [0.1, 0.15) is 26.5 Å². The molecule has 0 fully saturated rings. The predicted molar refractivity (Wildman–Crippen MR) is 54.0 cm³/mol. The molecular formula is C9H13ClN2O. The smallest absolute Gasteiger partial charge is 0.166 e. The molecule has 1 rings (SSSR count). The largest absolute Gasteiger partial charge is 0.504 e. The van der Waals surface area contributed by atoms with Crippen LogP contribution < -0.4 is 5.73 Å². The van der Waals surface area contributed by atoms with Crippen molar-refractivity contribution in [2.75, 3.05) is 5.73 Å². The fraction of sp³-hybridized carbons (Fsp3) is 0.444. The molecule has 3 N–H and O–H groups in total. The molecule has 0 radical (unpaired) electrons. The number of nitrogens with two attached hydrogens (primary N) is 1. The van der Waals surface area contributed by atoms with Crippen molar-refractivity contribution in [3.8, 4) is 5.75 Å². The molecule has 3 nitrogen and oxygen atoms in total. The first-order valence-corrected chi connectivity index (χ1v) is 4.35. The van der Waals surface area contributed by atoms with E-state index >= 15 is 0 Å². The van der Waals surface area contributed by atoms with Gasteiger partial charge in [0.15, 0.2) is 11.6 Å². The number of pyridine rings is 1. The highest BCUT2D eigenvalue weighted by molar-refractivity contribution is 6.31. The van der Waals surface area contributed by atoms with E-state index < -0.39 is 0 Å². The van der Waals surface area contributed by atoms with E-state index in [0.717, 1.165) is 0 Å². The Kier molecular flexibility index (Phi) is 2.39. The van der Waals surface area contributed by atoms with Gasteiger partial charge >= 0.3 is 0 Å². The molecule has 1 aromatic rings. The Balaban J connectivity index is 3.32. The van der Waals surface area contributed by atoms with Crippen molar-refractivity contribution in [3.05, 3.63) is 16.8 Å². The number of hydrogen-bond acceptors (Lipinski definition) is 3. The third-order valence-corrected chi connectivity index (χ3v) is 1.98. The Hall–Kier alpha value is -0.960. The van der Waals surface area contributed by atoms with E-state index in [9.17, 15) is 5.11 Å². The van der Waals surface area contributed by atoms with Gasteiger partial charge in [-0.05, 0) is 0 Å². The van der Waals surface area contributed by atoms with E-state index in [1.54, 1.807) is 0 Å². The zero-order chi connectivity index (χ0) is 10.2. The van der Waals surface area contributed by atoms with Gasteiger partial charge in [0.05, 0.1) is 10.7 Å². The lowest BCUT2D eigenvalue weighted by atomic mass is 9.91. The van der Waals surface area contributed by atoms with E-state index in [1.807, 2.05) is 20.8 Å². The first-order chi connectivity index (χ1) is 5.82. The molecule has 0 aromatic carbocycles. The van der Waals surface area contributed by atoms with Gasteiger partial charge in [-0.1, -0.05) is 32.4 Å². The number of rotatable bonds is 0. The molecule has 4 heteroatoms. The van der Waals surface area contributed by atoms with Crippen molar-refractivity contribution in [1.29, 1.82) is 0 Å². The highest BCUT2D eigenvalue weighted by Crippen LogP contribution is 2.32. The Morgan fingerprint density at radius 1 is 1.46 bits per heavy atom. The molecule has 0 atom stereocenters. The fourth-order valence-electron chi connectivity index (χ4n) is 1.02. The summed E-state index contributed by atoms with van der Waals surface area (Å²) in [6, 6.07) is 1.42. The normalized spacial score (nSPS) is 11.7. The standard InChI is InChI=1S/C9H13ClN2O/c1-9(2,3)7-5(10)4-6(13)8(11)12-7/h4,13H,1-3H3,(H2,11,12). The van der Waals surface area contributed by atoms with Gasteiger partial charge in [-0.25, -0.2) is 4.98 Å². The Morgan fingerprint density at radius 2 is 2.00 bits per heavy atom. The van der Waals surface area contributed by atoms with Crippen molar-refractivity contribution < 1.29 is 5.11 Å². The van der Waals surface area contributed by atoms with Crippen LogP contribution in [0, 0.1) is 0 Å². The summed E-state index contributed by atoms with van der Waals surface area (Å²) in [5.74, 6) is 0.0484. The number of hydrogen-bond donors (Lipinski definition) is 2. The molecule has 0 bridgehead atoms. The average Bonchev–Trinajstić information content (AvgIpc) is 1.94. The number of halogens is 1. The van der Waals surface area contributed by atoms with E-state index in [2.05, 4.69) is 4.98 Å². The maximum absolute atomic E-state index is 9.22. The maximum atomic E-state index is 9.22. The van der Waals surface area contributed by atoms with Crippen molar-refractivity contribution >= 4 is 17.4 Å². The SMILES string of the molecule is CC(C)(C)c1nc(N)c(O)cc1Cl. The van der Waals surface area contributed by atoms with Crippen LogP contribution in [0.4, 0.5) is 5.82 Å². The third-order valence-electron chi connectivity index (χ3n) is 1.69. The van der Waals surface area contributed by atoms with Gasteiger partial charge in [0.1, 0.15) is 0 Å². The molecule has 0 aliphatic rings. The van der Waals surface area contributed by atoms with Crippen molar-refractivity contribution in [1.82, 2.24) is 4.98 Å². The first kappa shape index (κ1) is 10.1. The van der Waals surface area contributed by atoms with Gasteiger partial charge < -0.3 is 10.8 Å². The maximum Gasteiger partial charge on any atom is 0.166 e. The summed E-state index contributed by atoms with van der Waals surface area (Å²) in [6.07, 6.45) is 0. The predicted octanol–water partition coefficient (Wildman–Crippen LogP) is 2.32. The molecule has 0 saturated carbocycles. The highest BCUT2D eigenvalue weighted by Gasteiger charge is 2.20. The Morgan fingerprint density at radius 3 is 2.46 bits per heavy atom. The third kappa shape index (κ3) is 2.04. The number of aromatic hydroxyl groups is 1. The second kappa shape index (κ2) is 3.07. The van der Waals surface area contributed by atoms with Gasteiger partial charge in [0, 0.05) is 11.5 Å². The molecule has 0 unspecified atom stereocenters. The highest BCUT2D eigenvalue weighted by atomic mass is 35.5. The van der Waals surface area contributed by atoms with Crippen LogP contribution >= 0.6 is 11.6 Å². The summed E-state index contributed by atoms with van der Waals surface area (Å²) in [7, 11) is 0. The van der Waals surface area contributed by atoms with Crippen LogP contribution in [0.25, 0.3) is 0 Å². The number of aromatic nitrogens is 1. The van der Waals surface area contributed by atoms with Crippen LogP contribution in [0.15, 0.2) is 6.07 Å². The summed E-state index contributed by atoms with van der Waals surface area (Å²) in [5.41, 5.74) is 6.00. The molecule has 13 heavy (non-hydrogen) atoms. The minimum Gasteiger partial charge on any atom is -0.504 e. The zero-order valence-corrected chi connectivity index (χ0v) is 8.68. The van der Waals surface area contributed by atoms with Crippen LogP contribution in [-0.2, 0) is 5.41 Å². The zero-order valence-electron chi connectivity index (χ0n) is 7.93. The molecule has 1 heterocycles. The van der Waals surface area contributed by atoms with Crippen LogP contribution in [0.2, 0.25) is 5.02 Å². The fourth-order valence-corrected chi connectivity index (χ4v) is 1.45. The van der Waals surface area contributed by atoms with Crippen LogP contribution in [0.5, 0.6) is 5.75 Å². The first-order valence-electron chi connectivity index (χ1n) is 3.98. The van der Waals surface area contributed by atoms with E-state index in [0.29, 0.717) is 10.7 Å². The lowest BCUT2D eigenvalue weighted by molar-refractivity contribution is 0.473. The monoisotopic (exact) mass is 200 g/mol. The summed E-state index contributed by atoms with van der Waals surface area (Å²) >= 11 is 5.91. The second-order valence-corrected chi connectivity index (χ2v) is 4.38. The van der Waals surface area contributed by atoms with E-state index in [1.165, 1.54) is 6.07 Å². The number of nitrogen functional groups attached to an aromatic ring is 1. The van der Waals surface area contributed by atoms with Gasteiger partial charge in [0.2, 0.25) is 0 Å². The van der Waals surface area contributed by atoms with Gasteiger partial charge in [-0.3, -0.25) is 0 Å². The Labute approximate surface area is 82.5 Å². The molecule has 0 aliphatic carbocycles. The average molecular weight is 201 g/mol. The summed E-state index contributed by atoms with van der Waals surface area (Å²) in [5, 5.41) is 9.66. The van der Waals surface area contributed by atoms with Crippen LogP contribution in [0.3, 0.4) is 0 Å². The lowest BCUT2D eigenvalue weighted by Crippen LogP contribution is -2.15. The molecule has 1 aromatic heterocycles. The molecule has 0 amide bonds. The summed E-state index contributed by atoms with van der Waals surface area (Å²) < 4.78 is 0. The molecule has 0 spiro atoms. The lowest BCUT2D eigenvalue weighted by Gasteiger charge is -2.19. The topological polar surface area (TPSA) is 59.1 Å². The second-order valence-electron chi connectivity index (χ2n) is 3.97. The minimum atomic E-state index is -0.168. The van der Waals surface area contributed by atoms with E-state index in [-0.39, 0.29) is 17.0 Å². The van der Waals surface area contributed by atoms with Gasteiger partial charge in [0.25, 0.3) is 0 Å². The van der Waals surface area contributed by atoms with Gasteiger partial charge in [-0.2, -0.15) is 0 Å². The number of nitrogens with zero attached hydrogens (tertiary/aromatic N) is 1. The summed E-state index contributed by atoms with van der Waals surface area (Å²) in [6.45, 7) is 5.95. The molecule has 72 valence electrons. The van der Waals surface area contributed by atoms with Crippen molar-refractivity contribution in [2.45, 2.75) is 26.2 Å².